The molecule has 3 N–H and O–H groups in total. The summed E-state index contributed by atoms with van der Waals surface area (Å²) in [4.78, 5) is 47.0. The Morgan fingerprint density at radius 3 is 1.59 bits per heavy atom. The third-order valence-corrected chi connectivity index (χ3v) is 4.08. The van der Waals surface area contributed by atoms with Gasteiger partial charge in [0.2, 0.25) is 5.60 Å². The Hall–Kier alpha value is -1.96. The first kappa shape index (κ1) is 20.0. The predicted octanol–water partition coefficient (Wildman–Crippen LogP) is 1.03. The van der Waals surface area contributed by atoms with Crippen LogP contribution in [0.25, 0.3) is 0 Å². The second-order valence-electron chi connectivity index (χ2n) is 4.95. The van der Waals surface area contributed by atoms with E-state index in [-0.39, 0.29) is 19.4 Å². The number of carboxylic acids is 3. The largest absolute Gasteiger partial charge is 0.481 e. The average molecular weight is 318 g/mol. The number of Topliss-reactive ketones (excluding diaryl/α,β-unsaturated/α-hetero) is 1. The summed E-state index contributed by atoms with van der Waals surface area (Å²) >= 11 is 0. The van der Waals surface area contributed by atoms with Crippen LogP contribution in [0.5, 0.6) is 0 Å². The number of hydrogen-bond acceptors (Lipinski definition) is 5. The minimum Gasteiger partial charge on any atom is -0.481 e. The molecule has 2 atom stereocenters. The summed E-state index contributed by atoms with van der Waals surface area (Å²) in [5.74, 6) is -8.11. The molecule has 0 aromatic rings. The normalized spacial score (nSPS) is 15.6. The van der Waals surface area contributed by atoms with Gasteiger partial charge < -0.3 is 20.1 Å². The number of carbonyl (C=O) groups is 4. The number of ketones is 1. The summed E-state index contributed by atoms with van der Waals surface area (Å²) < 4.78 is 5.20. The molecule has 126 valence electrons. The zero-order valence-electron chi connectivity index (χ0n) is 13.1. The van der Waals surface area contributed by atoms with Crippen molar-refractivity contribution in [3.8, 4) is 0 Å². The maximum atomic E-state index is 11.9. The minimum absolute atomic E-state index is 0.206. The monoisotopic (exact) mass is 318 g/mol. The van der Waals surface area contributed by atoms with E-state index in [1.807, 2.05) is 0 Å². The maximum Gasteiger partial charge on any atom is 0.338 e. The van der Waals surface area contributed by atoms with Gasteiger partial charge in [-0.05, 0) is 26.7 Å². The summed E-state index contributed by atoms with van der Waals surface area (Å²) in [6, 6.07) is 0. The Kier molecular flexibility index (Phi) is 6.69. The summed E-state index contributed by atoms with van der Waals surface area (Å²) in [7, 11) is 0. The van der Waals surface area contributed by atoms with Crippen LogP contribution in [-0.2, 0) is 23.9 Å². The average Bonchev–Trinajstić information content (AvgIpc) is 2.38. The van der Waals surface area contributed by atoms with E-state index in [1.54, 1.807) is 0 Å². The second-order valence-corrected chi connectivity index (χ2v) is 4.95. The number of carboxylic acid groups (broad SMARTS) is 3. The lowest BCUT2D eigenvalue weighted by atomic mass is 9.61. The van der Waals surface area contributed by atoms with Gasteiger partial charge in [-0.15, -0.1) is 0 Å². The molecule has 22 heavy (non-hydrogen) atoms. The molecule has 0 saturated heterocycles. The Morgan fingerprint density at radius 1 is 0.955 bits per heavy atom. The van der Waals surface area contributed by atoms with Crippen molar-refractivity contribution in [1.82, 2.24) is 0 Å². The molecule has 0 aromatic carbocycles. The molecule has 8 heteroatoms. The van der Waals surface area contributed by atoms with E-state index in [1.165, 1.54) is 20.8 Å². The van der Waals surface area contributed by atoms with Crippen LogP contribution in [-0.4, -0.2) is 51.2 Å². The predicted molar refractivity (Wildman–Crippen MR) is 74.5 cm³/mol. The zero-order chi connectivity index (χ0) is 17.7. The molecule has 0 spiro atoms. The fourth-order valence-electron chi connectivity index (χ4n) is 2.99. The molecule has 0 heterocycles. The first-order valence-electron chi connectivity index (χ1n) is 6.92. The van der Waals surface area contributed by atoms with E-state index in [0.717, 1.165) is 6.92 Å². The third kappa shape index (κ3) is 2.83. The topological polar surface area (TPSA) is 138 Å². The second kappa shape index (κ2) is 7.35. The van der Waals surface area contributed by atoms with Crippen molar-refractivity contribution in [2.24, 2.45) is 11.3 Å². The van der Waals surface area contributed by atoms with Crippen LogP contribution in [0.15, 0.2) is 0 Å². The van der Waals surface area contributed by atoms with Gasteiger partial charge in [-0.2, -0.15) is 0 Å². The van der Waals surface area contributed by atoms with Crippen molar-refractivity contribution in [3.05, 3.63) is 0 Å². The van der Waals surface area contributed by atoms with Crippen LogP contribution in [0.3, 0.4) is 0 Å². The Balaban J connectivity index is 6.80. The Labute approximate surface area is 128 Å². The number of hydrogen-bond donors (Lipinski definition) is 3. The maximum absolute atomic E-state index is 11.9. The van der Waals surface area contributed by atoms with E-state index in [0.29, 0.717) is 0 Å². The van der Waals surface area contributed by atoms with Gasteiger partial charge in [0.15, 0.2) is 5.92 Å². The molecule has 0 aliphatic carbocycles. The van der Waals surface area contributed by atoms with E-state index in [4.69, 9.17) is 4.74 Å². The zero-order valence-corrected chi connectivity index (χ0v) is 13.1. The van der Waals surface area contributed by atoms with Crippen LogP contribution >= 0.6 is 0 Å². The van der Waals surface area contributed by atoms with E-state index in [9.17, 15) is 34.5 Å². The lowest BCUT2D eigenvalue weighted by Crippen LogP contribution is -2.66. The van der Waals surface area contributed by atoms with Gasteiger partial charge in [0.05, 0.1) is 0 Å². The van der Waals surface area contributed by atoms with Crippen molar-refractivity contribution in [2.75, 3.05) is 6.61 Å². The fraction of sp³-hybridized carbons (Fsp3) is 0.714. The van der Waals surface area contributed by atoms with Crippen molar-refractivity contribution in [2.45, 2.75) is 46.1 Å². The van der Waals surface area contributed by atoms with Gasteiger partial charge in [0.25, 0.3) is 0 Å². The number of carbonyl (C=O) groups excluding carboxylic acids is 1. The standard InChI is InChI=1S/C14H22O8/c1-5-13(6-2,11(18)19)14(12(20)21,22-7-3)9(8(4)15)10(16)17/h9H,5-7H2,1-4H3,(H,16,17)(H,18,19)(H,20,21). The van der Waals surface area contributed by atoms with Crippen LogP contribution in [0, 0.1) is 11.3 Å². The number of ether oxygens (including phenoxy) is 1. The molecule has 0 aromatic heterocycles. The van der Waals surface area contributed by atoms with Crippen LogP contribution in [0.4, 0.5) is 0 Å². The highest BCUT2D eigenvalue weighted by atomic mass is 16.5. The smallest absolute Gasteiger partial charge is 0.338 e. The van der Waals surface area contributed by atoms with Crippen LogP contribution in [0.2, 0.25) is 0 Å². The molecular formula is C14H22O8. The quantitative estimate of drug-likeness (QED) is 0.508. The molecular weight excluding hydrogens is 296 g/mol. The van der Waals surface area contributed by atoms with Gasteiger partial charge in [0.1, 0.15) is 11.2 Å². The first-order chi connectivity index (χ1) is 10.1. The van der Waals surface area contributed by atoms with Crippen molar-refractivity contribution in [3.63, 3.8) is 0 Å². The van der Waals surface area contributed by atoms with Crippen LogP contribution < -0.4 is 0 Å². The SMILES string of the molecule is CCOC(C(=O)O)(C(C(C)=O)C(=O)O)C(CC)(CC)C(=O)O. The minimum atomic E-state index is -2.69. The first-order valence-corrected chi connectivity index (χ1v) is 6.92. The molecule has 0 aliphatic heterocycles. The van der Waals surface area contributed by atoms with Crippen molar-refractivity contribution < 1.29 is 39.2 Å². The van der Waals surface area contributed by atoms with Crippen molar-refractivity contribution >= 4 is 23.7 Å². The molecule has 0 fully saturated rings. The number of aliphatic carboxylic acids is 3. The summed E-state index contributed by atoms with van der Waals surface area (Å²) in [5.41, 5.74) is -4.74. The third-order valence-electron chi connectivity index (χ3n) is 4.08. The Morgan fingerprint density at radius 2 is 1.41 bits per heavy atom. The summed E-state index contributed by atoms with van der Waals surface area (Å²) in [6.45, 7) is 4.92. The highest BCUT2D eigenvalue weighted by molar-refractivity contribution is 6.05. The molecule has 2 unspecified atom stereocenters. The van der Waals surface area contributed by atoms with E-state index >= 15 is 0 Å². The highest BCUT2D eigenvalue weighted by Gasteiger charge is 2.68. The lowest BCUT2D eigenvalue weighted by molar-refractivity contribution is -0.216. The van der Waals surface area contributed by atoms with Crippen LogP contribution in [0.1, 0.15) is 40.5 Å². The molecule has 0 bridgehead atoms. The molecule has 0 rings (SSSR count). The van der Waals surface area contributed by atoms with Gasteiger partial charge in [0, 0.05) is 6.61 Å². The van der Waals surface area contributed by atoms with Gasteiger partial charge in [-0.25, -0.2) is 4.79 Å². The molecule has 0 amide bonds. The Bertz CT molecular complexity index is 451. The van der Waals surface area contributed by atoms with Gasteiger partial charge >= 0.3 is 17.9 Å². The molecule has 0 radical (unpaired) electrons. The van der Waals surface area contributed by atoms with Crippen molar-refractivity contribution in [1.29, 1.82) is 0 Å². The van der Waals surface area contributed by atoms with E-state index < -0.39 is 40.6 Å². The summed E-state index contributed by atoms with van der Waals surface area (Å²) in [6.07, 6.45) is -0.412. The molecule has 8 nitrogen and oxygen atoms in total. The van der Waals surface area contributed by atoms with E-state index in [2.05, 4.69) is 0 Å². The summed E-state index contributed by atoms with van der Waals surface area (Å²) in [5, 5.41) is 28.6. The lowest BCUT2D eigenvalue weighted by Gasteiger charge is -2.45. The molecule has 0 aliphatic rings. The van der Waals surface area contributed by atoms with Gasteiger partial charge in [-0.3, -0.25) is 14.4 Å². The number of rotatable bonds is 10. The highest BCUT2D eigenvalue weighted by Crippen LogP contribution is 2.47. The fourth-order valence-corrected chi connectivity index (χ4v) is 2.99. The van der Waals surface area contributed by atoms with Gasteiger partial charge in [-0.1, -0.05) is 13.8 Å². The molecule has 0 saturated carbocycles.